The van der Waals surface area contributed by atoms with Gasteiger partial charge in [-0.1, -0.05) is 17.3 Å². The van der Waals surface area contributed by atoms with E-state index in [-0.39, 0.29) is 5.82 Å². The lowest BCUT2D eigenvalue weighted by Gasteiger charge is -2.05. The predicted octanol–water partition coefficient (Wildman–Crippen LogP) is 1.77. The van der Waals surface area contributed by atoms with E-state index in [1.165, 1.54) is 10.7 Å². The Bertz CT molecular complexity index is 508. The lowest BCUT2D eigenvalue weighted by molar-refractivity contribution is 0.193. The maximum Gasteiger partial charge on any atom is 0.148 e. The maximum absolute atomic E-state index is 13.5. The van der Waals surface area contributed by atoms with E-state index < -0.39 is 6.10 Å². The third kappa shape index (κ3) is 1.69. The lowest BCUT2D eigenvalue weighted by atomic mass is 10.2. The molecule has 1 N–H and O–H groups in total. The minimum absolute atomic E-state index is 0.333. The van der Waals surface area contributed by atoms with Gasteiger partial charge in [0, 0.05) is 0 Å². The summed E-state index contributed by atoms with van der Waals surface area (Å²) >= 11 is 0. The van der Waals surface area contributed by atoms with Gasteiger partial charge in [-0.05, 0) is 26.0 Å². The molecule has 0 bridgehead atoms. The van der Waals surface area contributed by atoms with Gasteiger partial charge in [0.05, 0.1) is 11.8 Å². The summed E-state index contributed by atoms with van der Waals surface area (Å²) in [6, 6.07) is 6.31. The zero-order valence-corrected chi connectivity index (χ0v) is 9.05. The summed E-state index contributed by atoms with van der Waals surface area (Å²) in [5, 5.41) is 17.1. The average molecular weight is 221 g/mol. The second-order valence-electron chi connectivity index (χ2n) is 3.60. The first kappa shape index (κ1) is 10.8. The van der Waals surface area contributed by atoms with Crippen molar-refractivity contribution in [3.63, 3.8) is 0 Å². The van der Waals surface area contributed by atoms with E-state index in [1.807, 2.05) is 0 Å². The van der Waals surface area contributed by atoms with Crippen LogP contribution in [0.1, 0.15) is 24.4 Å². The highest BCUT2D eigenvalue weighted by molar-refractivity contribution is 5.34. The van der Waals surface area contributed by atoms with Crippen LogP contribution in [0.4, 0.5) is 4.39 Å². The molecule has 0 aliphatic heterocycles. The molecule has 0 fully saturated rings. The number of nitrogens with zero attached hydrogens (tertiary/aromatic N) is 3. The Morgan fingerprint density at radius 2 is 2.06 bits per heavy atom. The number of aliphatic hydroxyl groups is 1. The Balaban J connectivity index is 2.54. The molecule has 0 saturated carbocycles. The van der Waals surface area contributed by atoms with E-state index in [0.717, 1.165) is 0 Å². The van der Waals surface area contributed by atoms with Gasteiger partial charge in [0.15, 0.2) is 0 Å². The van der Waals surface area contributed by atoms with E-state index in [2.05, 4.69) is 10.3 Å². The zero-order chi connectivity index (χ0) is 11.7. The molecule has 0 radical (unpaired) electrons. The summed E-state index contributed by atoms with van der Waals surface area (Å²) in [6.07, 6.45) is -0.708. The van der Waals surface area contributed by atoms with E-state index in [4.69, 9.17) is 0 Å². The fourth-order valence-corrected chi connectivity index (χ4v) is 1.58. The standard InChI is InChI=1S/C11H12FN3O/c1-7-11(8(2)16)13-14-15(7)10-6-4-3-5-9(10)12/h3-6,8,16H,1-2H3. The van der Waals surface area contributed by atoms with Gasteiger partial charge in [0.2, 0.25) is 0 Å². The Hall–Kier alpha value is -1.75. The molecule has 1 aromatic heterocycles. The molecule has 2 aromatic rings. The van der Waals surface area contributed by atoms with Crippen molar-refractivity contribution in [1.29, 1.82) is 0 Å². The van der Waals surface area contributed by atoms with Gasteiger partial charge in [-0.2, -0.15) is 0 Å². The lowest BCUT2D eigenvalue weighted by Crippen LogP contribution is -2.02. The molecular formula is C11H12FN3O. The number of benzene rings is 1. The predicted molar refractivity (Wildman–Crippen MR) is 56.7 cm³/mol. The molecule has 5 heteroatoms. The number of aliphatic hydroxyl groups excluding tert-OH is 1. The Morgan fingerprint density at radius 3 is 2.62 bits per heavy atom. The maximum atomic E-state index is 13.5. The molecule has 0 amide bonds. The molecule has 1 heterocycles. The molecule has 16 heavy (non-hydrogen) atoms. The zero-order valence-electron chi connectivity index (χ0n) is 9.05. The van der Waals surface area contributed by atoms with Crippen LogP contribution in [0, 0.1) is 12.7 Å². The highest BCUT2D eigenvalue weighted by Gasteiger charge is 2.15. The smallest absolute Gasteiger partial charge is 0.148 e. The second-order valence-corrected chi connectivity index (χ2v) is 3.60. The first-order valence-electron chi connectivity index (χ1n) is 4.96. The van der Waals surface area contributed by atoms with Crippen molar-refractivity contribution >= 4 is 0 Å². The summed E-state index contributed by atoms with van der Waals surface area (Å²) in [5.41, 5.74) is 1.43. The van der Waals surface area contributed by atoms with Gasteiger partial charge < -0.3 is 5.11 Å². The fourth-order valence-electron chi connectivity index (χ4n) is 1.58. The summed E-state index contributed by atoms with van der Waals surface area (Å²) in [5.74, 6) is -0.368. The molecule has 0 saturated heterocycles. The normalized spacial score (nSPS) is 12.8. The average Bonchev–Trinajstić information content (AvgIpc) is 2.61. The molecule has 4 nitrogen and oxygen atoms in total. The number of rotatable bonds is 2. The highest BCUT2D eigenvalue weighted by Crippen LogP contribution is 2.18. The van der Waals surface area contributed by atoms with Crippen molar-refractivity contribution in [1.82, 2.24) is 15.0 Å². The molecular weight excluding hydrogens is 209 g/mol. The topological polar surface area (TPSA) is 50.9 Å². The first-order valence-corrected chi connectivity index (χ1v) is 4.96. The van der Waals surface area contributed by atoms with Crippen molar-refractivity contribution < 1.29 is 9.50 Å². The third-order valence-electron chi connectivity index (χ3n) is 2.41. The molecule has 1 unspecified atom stereocenters. The van der Waals surface area contributed by atoms with Gasteiger partial charge in [-0.15, -0.1) is 5.10 Å². The van der Waals surface area contributed by atoms with E-state index >= 15 is 0 Å². The molecule has 0 spiro atoms. The molecule has 1 atom stereocenters. The van der Waals surface area contributed by atoms with Gasteiger partial charge in [-0.25, -0.2) is 9.07 Å². The van der Waals surface area contributed by atoms with Crippen LogP contribution >= 0.6 is 0 Å². The molecule has 1 aromatic carbocycles. The van der Waals surface area contributed by atoms with Crippen molar-refractivity contribution in [3.8, 4) is 5.69 Å². The summed E-state index contributed by atoms with van der Waals surface area (Å²) in [4.78, 5) is 0. The van der Waals surface area contributed by atoms with E-state index in [0.29, 0.717) is 17.1 Å². The quantitative estimate of drug-likeness (QED) is 0.840. The largest absolute Gasteiger partial charge is 0.387 e. The second kappa shape index (κ2) is 4.02. The van der Waals surface area contributed by atoms with Crippen LogP contribution in [0.2, 0.25) is 0 Å². The van der Waals surface area contributed by atoms with Crippen molar-refractivity contribution in [3.05, 3.63) is 41.5 Å². The number of hydrogen-bond acceptors (Lipinski definition) is 3. The van der Waals surface area contributed by atoms with Crippen LogP contribution in [0.3, 0.4) is 0 Å². The molecule has 0 aliphatic rings. The van der Waals surface area contributed by atoms with Crippen LogP contribution in [-0.4, -0.2) is 20.1 Å². The SMILES string of the molecule is Cc1c(C(C)O)nnn1-c1ccccc1F. The van der Waals surface area contributed by atoms with Crippen LogP contribution < -0.4 is 0 Å². The Morgan fingerprint density at radius 1 is 1.38 bits per heavy atom. The number of aromatic nitrogens is 3. The number of hydrogen-bond donors (Lipinski definition) is 1. The van der Waals surface area contributed by atoms with E-state index in [1.54, 1.807) is 32.0 Å². The van der Waals surface area contributed by atoms with Crippen molar-refractivity contribution in [2.75, 3.05) is 0 Å². The monoisotopic (exact) mass is 221 g/mol. The molecule has 84 valence electrons. The summed E-state index contributed by atoms with van der Waals surface area (Å²) in [7, 11) is 0. The van der Waals surface area contributed by atoms with Crippen LogP contribution in [-0.2, 0) is 0 Å². The third-order valence-corrected chi connectivity index (χ3v) is 2.41. The number of halogens is 1. The molecule has 2 rings (SSSR count). The van der Waals surface area contributed by atoms with Gasteiger partial charge >= 0.3 is 0 Å². The Kier molecular flexibility index (Phi) is 2.70. The summed E-state index contributed by atoms with van der Waals surface area (Å²) < 4.78 is 14.9. The van der Waals surface area contributed by atoms with E-state index in [9.17, 15) is 9.50 Å². The minimum Gasteiger partial charge on any atom is -0.387 e. The van der Waals surface area contributed by atoms with Crippen LogP contribution in [0.25, 0.3) is 5.69 Å². The first-order chi connectivity index (χ1) is 7.61. The van der Waals surface area contributed by atoms with Crippen LogP contribution in [0.15, 0.2) is 24.3 Å². The molecule has 0 aliphatic carbocycles. The Labute approximate surface area is 92.3 Å². The minimum atomic E-state index is -0.708. The van der Waals surface area contributed by atoms with Gasteiger partial charge in [0.25, 0.3) is 0 Å². The van der Waals surface area contributed by atoms with Gasteiger partial charge in [0.1, 0.15) is 17.2 Å². The van der Waals surface area contributed by atoms with Crippen molar-refractivity contribution in [2.45, 2.75) is 20.0 Å². The number of para-hydroxylation sites is 1. The summed E-state index contributed by atoms with van der Waals surface area (Å²) in [6.45, 7) is 3.34. The van der Waals surface area contributed by atoms with Gasteiger partial charge in [-0.3, -0.25) is 0 Å². The van der Waals surface area contributed by atoms with Crippen molar-refractivity contribution in [2.24, 2.45) is 0 Å². The van der Waals surface area contributed by atoms with Crippen LogP contribution in [0.5, 0.6) is 0 Å². The highest BCUT2D eigenvalue weighted by atomic mass is 19.1. The fraction of sp³-hybridized carbons (Fsp3) is 0.273.